The number of hydrogen-bond donors (Lipinski definition) is 0. The fourth-order valence-electron chi connectivity index (χ4n) is 8.19. The van der Waals surface area contributed by atoms with Crippen molar-refractivity contribution in [2.45, 2.75) is 78.2 Å². The van der Waals surface area contributed by atoms with E-state index < -0.39 is 0 Å². The second-order valence-electron chi connectivity index (χ2n) is 10.6. The number of aromatic nitrogens is 3. The number of rotatable bonds is 3. The SMILES string of the molecule is CC1CCC2C(CCC3C2CCC2(C)C3CC[C@@H]2C(=O)Cn2nccn2)C1. The third-order valence-electron chi connectivity index (χ3n) is 9.37. The Balaban J connectivity index is 1.33. The topological polar surface area (TPSA) is 47.8 Å². The third-order valence-corrected chi connectivity index (χ3v) is 9.37. The van der Waals surface area contributed by atoms with Gasteiger partial charge in [-0.2, -0.15) is 15.0 Å². The van der Waals surface area contributed by atoms with Gasteiger partial charge >= 0.3 is 0 Å². The van der Waals surface area contributed by atoms with Crippen LogP contribution >= 0.6 is 0 Å². The van der Waals surface area contributed by atoms with Crippen LogP contribution in [0.2, 0.25) is 0 Å². The molecule has 4 saturated carbocycles. The number of hydrogen-bond acceptors (Lipinski definition) is 3. The normalized spacial score (nSPS) is 46.4. The van der Waals surface area contributed by atoms with Crippen LogP contribution < -0.4 is 0 Å². The average Bonchev–Trinajstić information content (AvgIpc) is 3.28. The molecule has 4 fully saturated rings. The molecule has 7 unspecified atom stereocenters. The molecule has 0 aliphatic heterocycles. The van der Waals surface area contributed by atoms with Crippen LogP contribution in [-0.4, -0.2) is 20.8 Å². The van der Waals surface area contributed by atoms with E-state index in [1.165, 1.54) is 51.4 Å². The summed E-state index contributed by atoms with van der Waals surface area (Å²) in [6.07, 6.45) is 15.6. The molecule has 0 N–H and O–H groups in total. The molecule has 1 heterocycles. The van der Waals surface area contributed by atoms with Gasteiger partial charge in [-0.3, -0.25) is 4.79 Å². The molecule has 27 heavy (non-hydrogen) atoms. The van der Waals surface area contributed by atoms with Gasteiger partial charge < -0.3 is 0 Å². The summed E-state index contributed by atoms with van der Waals surface area (Å²) in [6, 6.07) is 0. The smallest absolute Gasteiger partial charge is 0.159 e. The third kappa shape index (κ3) is 2.89. The lowest BCUT2D eigenvalue weighted by molar-refractivity contribution is -0.131. The number of carbonyl (C=O) groups is 1. The Morgan fingerprint density at radius 2 is 1.78 bits per heavy atom. The molecule has 4 aliphatic rings. The van der Waals surface area contributed by atoms with E-state index in [1.807, 2.05) is 0 Å². The molecule has 0 amide bonds. The van der Waals surface area contributed by atoms with Crippen LogP contribution in [0, 0.1) is 46.8 Å². The molecule has 8 atom stereocenters. The van der Waals surface area contributed by atoms with Crippen molar-refractivity contribution in [3.63, 3.8) is 0 Å². The molecule has 0 bridgehead atoms. The maximum atomic E-state index is 13.1. The highest BCUT2D eigenvalue weighted by molar-refractivity contribution is 5.81. The van der Waals surface area contributed by atoms with Crippen LogP contribution in [0.3, 0.4) is 0 Å². The summed E-state index contributed by atoms with van der Waals surface area (Å²) in [5, 5.41) is 8.31. The van der Waals surface area contributed by atoms with Crippen LogP contribution in [0.25, 0.3) is 0 Å². The Morgan fingerprint density at radius 1 is 1.00 bits per heavy atom. The van der Waals surface area contributed by atoms with E-state index >= 15 is 0 Å². The molecule has 5 rings (SSSR count). The second-order valence-corrected chi connectivity index (χ2v) is 10.6. The molecular weight excluding hydrogens is 334 g/mol. The number of carbonyl (C=O) groups excluding carboxylic acids is 1. The first-order valence-corrected chi connectivity index (χ1v) is 11.4. The van der Waals surface area contributed by atoms with Crippen LogP contribution in [0.4, 0.5) is 0 Å². The summed E-state index contributed by atoms with van der Waals surface area (Å²) in [5.41, 5.74) is 0.222. The van der Waals surface area contributed by atoms with Gasteiger partial charge in [0.15, 0.2) is 5.78 Å². The van der Waals surface area contributed by atoms with E-state index in [2.05, 4.69) is 24.0 Å². The zero-order valence-electron chi connectivity index (χ0n) is 17.0. The lowest BCUT2D eigenvalue weighted by atomic mass is 9.49. The van der Waals surface area contributed by atoms with Gasteiger partial charge in [0.2, 0.25) is 0 Å². The number of Topliss-reactive ketones (excluding diaryl/α,β-unsaturated/α-hetero) is 1. The molecule has 4 nitrogen and oxygen atoms in total. The summed E-state index contributed by atoms with van der Waals surface area (Å²) in [5.74, 6) is 6.15. The Kier molecular flexibility index (Phi) is 4.44. The molecule has 0 radical (unpaired) electrons. The highest BCUT2D eigenvalue weighted by atomic mass is 16.1. The van der Waals surface area contributed by atoms with Gasteiger partial charge in [-0.1, -0.05) is 20.3 Å². The average molecular weight is 370 g/mol. The van der Waals surface area contributed by atoms with Crippen molar-refractivity contribution >= 4 is 5.78 Å². The maximum absolute atomic E-state index is 13.1. The zero-order valence-corrected chi connectivity index (χ0v) is 17.0. The van der Waals surface area contributed by atoms with E-state index in [1.54, 1.807) is 17.2 Å². The van der Waals surface area contributed by atoms with Crippen molar-refractivity contribution in [3.8, 4) is 0 Å². The summed E-state index contributed by atoms with van der Waals surface area (Å²) >= 11 is 0. The Bertz CT molecular complexity index is 686. The molecular formula is C23H35N3O. The molecule has 0 spiro atoms. The van der Waals surface area contributed by atoms with Crippen molar-refractivity contribution in [2.24, 2.45) is 46.8 Å². The monoisotopic (exact) mass is 369 g/mol. The van der Waals surface area contributed by atoms with Crippen LogP contribution in [-0.2, 0) is 11.3 Å². The van der Waals surface area contributed by atoms with Crippen LogP contribution in [0.15, 0.2) is 12.4 Å². The predicted octanol–water partition coefficient (Wildman–Crippen LogP) is 4.75. The van der Waals surface area contributed by atoms with Crippen LogP contribution in [0.1, 0.15) is 71.6 Å². The Labute approximate surface area is 163 Å². The van der Waals surface area contributed by atoms with Gasteiger partial charge in [0.1, 0.15) is 6.54 Å². The van der Waals surface area contributed by atoms with Crippen molar-refractivity contribution in [1.29, 1.82) is 0 Å². The van der Waals surface area contributed by atoms with Gasteiger partial charge in [0.25, 0.3) is 0 Å². The summed E-state index contributed by atoms with van der Waals surface area (Å²) in [6.45, 7) is 5.27. The molecule has 0 aromatic carbocycles. The highest BCUT2D eigenvalue weighted by Crippen LogP contribution is 2.64. The molecule has 1 aromatic rings. The van der Waals surface area contributed by atoms with Gasteiger partial charge in [0.05, 0.1) is 12.4 Å². The molecule has 1 aromatic heterocycles. The quantitative estimate of drug-likeness (QED) is 0.772. The van der Waals surface area contributed by atoms with Crippen molar-refractivity contribution < 1.29 is 4.79 Å². The van der Waals surface area contributed by atoms with Gasteiger partial charge in [-0.25, -0.2) is 0 Å². The van der Waals surface area contributed by atoms with E-state index in [0.717, 1.165) is 41.9 Å². The summed E-state index contributed by atoms with van der Waals surface area (Å²) < 4.78 is 0. The minimum Gasteiger partial charge on any atom is -0.297 e. The highest BCUT2D eigenvalue weighted by Gasteiger charge is 2.58. The van der Waals surface area contributed by atoms with Gasteiger partial charge in [-0.15, -0.1) is 0 Å². The van der Waals surface area contributed by atoms with E-state index in [4.69, 9.17) is 0 Å². The number of ketones is 1. The summed E-state index contributed by atoms with van der Waals surface area (Å²) in [4.78, 5) is 14.7. The van der Waals surface area contributed by atoms with E-state index in [9.17, 15) is 4.79 Å². The van der Waals surface area contributed by atoms with E-state index in [0.29, 0.717) is 12.3 Å². The first kappa shape index (κ1) is 17.9. The second kappa shape index (κ2) is 6.70. The molecule has 0 saturated heterocycles. The Hall–Kier alpha value is -1.19. The standard InChI is InChI=1S/C23H35N3O/c1-15-3-5-17-16(13-15)4-6-19-18(17)9-10-23(2)20(19)7-8-21(23)22(27)14-26-24-11-12-25-26/h11-12,15-21H,3-10,13-14H2,1-2H3/t15?,16?,17?,18?,19?,20?,21-,23?/m1/s1. The van der Waals surface area contributed by atoms with Gasteiger partial charge in [0, 0.05) is 5.92 Å². The first-order chi connectivity index (χ1) is 13.1. The predicted molar refractivity (Wildman–Crippen MR) is 105 cm³/mol. The van der Waals surface area contributed by atoms with Crippen molar-refractivity contribution in [1.82, 2.24) is 15.0 Å². The fraction of sp³-hybridized carbons (Fsp3) is 0.870. The molecule has 4 heteroatoms. The van der Waals surface area contributed by atoms with E-state index in [-0.39, 0.29) is 11.3 Å². The minimum absolute atomic E-state index is 0.221. The minimum atomic E-state index is 0.221. The maximum Gasteiger partial charge on any atom is 0.159 e. The number of nitrogens with zero attached hydrogens (tertiary/aromatic N) is 3. The molecule has 4 aliphatic carbocycles. The lowest BCUT2D eigenvalue weighted by Crippen LogP contribution is -2.49. The lowest BCUT2D eigenvalue weighted by Gasteiger charge is -2.56. The largest absolute Gasteiger partial charge is 0.297 e. The fourth-order valence-corrected chi connectivity index (χ4v) is 8.19. The van der Waals surface area contributed by atoms with Crippen molar-refractivity contribution in [2.75, 3.05) is 0 Å². The molecule has 148 valence electrons. The van der Waals surface area contributed by atoms with Crippen molar-refractivity contribution in [3.05, 3.63) is 12.4 Å². The summed E-state index contributed by atoms with van der Waals surface area (Å²) in [7, 11) is 0. The zero-order chi connectivity index (χ0) is 18.6. The first-order valence-electron chi connectivity index (χ1n) is 11.4. The van der Waals surface area contributed by atoms with Gasteiger partial charge in [-0.05, 0) is 92.3 Å². The number of fused-ring (bicyclic) bond motifs is 5. The van der Waals surface area contributed by atoms with Crippen LogP contribution in [0.5, 0.6) is 0 Å². The Morgan fingerprint density at radius 3 is 2.59 bits per heavy atom.